The molecule has 0 radical (unpaired) electrons. The maximum absolute atomic E-state index is 13.4. The van der Waals surface area contributed by atoms with E-state index in [0.29, 0.717) is 5.41 Å². The van der Waals surface area contributed by atoms with Gasteiger partial charge in [-0.2, -0.15) is 0 Å². The predicted molar refractivity (Wildman–Crippen MR) is 71.5 cm³/mol. The topological polar surface area (TPSA) is 21.3 Å². The Morgan fingerprint density at radius 2 is 2.22 bits per heavy atom. The minimum absolute atomic E-state index is 0.196. The lowest BCUT2D eigenvalue weighted by atomic mass is 9.96. The van der Waals surface area contributed by atoms with Crippen LogP contribution >= 0.6 is 11.6 Å². The molecule has 0 amide bonds. The highest BCUT2D eigenvalue weighted by Crippen LogP contribution is 2.47. The first-order chi connectivity index (χ1) is 8.65. The summed E-state index contributed by atoms with van der Waals surface area (Å²) >= 11 is 5.68. The lowest BCUT2D eigenvalue weighted by Crippen LogP contribution is -2.28. The van der Waals surface area contributed by atoms with Crippen molar-refractivity contribution in [1.29, 1.82) is 0 Å². The lowest BCUT2D eigenvalue weighted by Gasteiger charge is -2.16. The molecule has 1 aliphatic carbocycles. The summed E-state index contributed by atoms with van der Waals surface area (Å²) < 4.78 is 18.4. The van der Waals surface area contributed by atoms with Crippen molar-refractivity contribution in [3.63, 3.8) is 0 Å². The van der Waals surface area contributed by atoms with E-state index in [-0.39, 0.29) is 10.8 Å². The molecule has 0 aromatic heterocycles. The second-order valence-electron chi connectivity index (χ2n) is 5.09. The molecule has 0 spiro atoms. The molecule has 1 aliphatic rings. The molecule has 18 heavy (non-hydrogen) atoms. The van der Waals surface area contributed by atoms with Crippen LogP contribution in [0.5, 0.6) is 0 Å². The van der Waals surface area contributed by atoms with Crippen LogP contribution in [0.2, 0.25) is 5.02 Å². The molecule has 0 heterocycles. The van der Waals surface area contributed by atoms with Gasteiger partial charge in [-0.25, -0.2) is 4.39 Å². The summed E-state index contributed by atoms with van der Waals surface area (Å²) in [6, 6.07) is 5.11. The normalized spacial score (nSPS) is 16.8. The number of hydrogen-bond donors (Lipinski definition) is 1. The molecule has 0 saturated heterocycles. The zero-order valence-corrected chi connectivity index (χ0v) is 11.4. The number of nitrogens with one attached hydrogen (secondary N) is 1. The van der Waals surface area contributed by atoms with Crippen LogP contribution in [0.25, 0.3) is 0 Å². The Balaban J connectivity index is 1.86. The molecule has 1 aromatic carbocycles. The third-order valence-corrected chi connectivity index (χ3v) is 3.81. The first-order valence-corrected chi connectivity index (χ1v) is 6.67. The van der Waals surface area contributed by atoms with E-state index in [9.17, 15) is 4.39 Å². The first-order valence-electron chi connectivity index (χ1n) is 6.29. The van der Waals surface area contributed by atoms with Crippen LogP contribution in [-0.4, -0.2) is 26.8 Å². The number of ether oxygens (including phenoxy) is 1. The fraction of sp³-hybridized carbons (Fsp3) is 0.571. The van der Waals surface area contributed by atoms with Crippen molar-refractivity contribution >= 4 is 11.6 Å². The van der Waals surface area contributed by atoms with E-state index >= 15 is 0 Å². The van der Waals surface area contributed by atoms with E-state index in [1.54, 1.807) is 19.2 Å². The van der Waals surface area contributed by atoms with Crippen LogP contribution in [0, 0.1) is 11.2 Å². The molecular formula is C14H19ClFNO. The Morgan fingerprint density at radius 1 is 1.44 bits per heavy atom. The van der Waals surface area contributed by atoms with Gasteiger partial charge in [-0.1, -0.05) is 17.7 Å². The van der Waals surface area contributed by atoms with Crippen LogP contribution < -0.4 is 5.32 Å². The number of hydrogen-bond acceptors (Lipinski definition) is 2. The molecule has 1 aromatic rings. The molecule has 1 saturated carbocycles. The summed E-state index contributed by atoms with van der Waals surface area (Å²) in [6.07, 6.45) is 3.33. The van der Waals surface area contributed by atoms with Crippen LogP contribution in [0.4, 0.5) is 4.39 Å². The van der Waals surface area contributed by atoms with Crippen LogP contribution in [-0.2, 0) is 11.2 Å². The highest BCUT2D eigenvalue weighted by Gasteiger charge is 2.41. The van der Waals surface area contributed by atoms with E-state index in [4.69, 9.17) is 16.3 Å². The summed E-state index contributed by atoms with van der Waals surface area (Å²) in [6.45, 7) is 2.57. The highest BCUT2D eigenvalue weighted by atomic mass is 35.5. The van der Waals surface area contributed by atoms with Gasteiger partial charge in [0.15, 0.2) is 0 Å². The van der Waals surface area contributed by atoms with Gasteiger partial charge in [0, 0.05) is 20.2 Å². The fourth-order valence-corrected chi connectivity index (χ4v) is 2.32. The molecule has 1 fully saturated rings. The summed E-state index contributed by atoms with van der Waals surface area (Å²) in [5.41, 5.74) is 1.34. The number of halogens is 2. The predicted octanol–water partition coefficient (Wildman–Crippen LogP) is 3.04. The Hall–Kier alpha value is -0.640. The van der Waals surface area contributed by atoms with Crippen molar-refractivity contribution < 1.29 is 9.13 Å². The zero-order valence-electron chi connectivity index (χ0n) is 10.6. The molecule has 0 unspecified atom stereocenters. The van der Waals surface area contributed by atoms with Gasteiger partial charge >= 0.3 is 0 Å². The quantitative estimate of drug-likeness (QED) is 0.770. The van der Waals surface area contributed by atoms with E-state index in [0.717, 1.165) is 31.7 Å². The standard InChI is InChI=1S/C14H19ClFNO/c1-18-7-6-17-10-14(4-5-14)9-11-2-3-12(15)13(16)8-11/h2-3,8,17H,4-7,9-10H2,1H3. The summed E-state index contributed by atoms with van der Waals surface area (Å²) in [7, 11) is 1.70. The van der Waals surface area contributed by atoms with E-state index in [1.165, 1.54) is 12.8 Å². The SMILES string of the molecule is COCCNCC1(Cc2ccc(Cl)c(F)c2)CC1. The third kappa shape index (κ3) is 3.67. The number of rotatable bonds is 7. The summed E-state index contributed by atoms with van der Waals surface area (Å²) in [5, 5.41) is 3.59. The van der Waals surface area contributed by atoms with Gasteiger partial charge in [-0.3, -0.25) is 0 Å². The Morgan fingerprint density at radius 3 is 2.83 bits per heavy atom. The van der Waals surface area contributed by atoms with Crippen molar-refractivity contribution in [1.82, 2.24) is 5.32 Å². The van der Waals surface area contributed by atoms with Gasteiger partial charge in [0.2, 0.25) is 0 Å². The van der Waals surface area contributed by atoms with E-state index in [1.807, 2.05) is 6.07 Å². The molecule has 100 valence electrons. The average Bonchev–Trinajstić information content (AvgIpc) is 3.10. The minimum Gasteiger partial charge on any atom is -0.383 e. The third-order valence-electron chi connectivity index (χ3n) is 3.50. The Labute approximate surface area is 112 Å². The van der Waals surface area contributed by atoms with Gasteiger partial charge in [0.05, 0.1) is 11.6 Å². The molecule has 0 bridgehead atoms. The molecule has 2 rings (SSSR count). The second-order valence-corrected chi connectivity index (χ2v) is 5.50. The Kier molecular flexibility index (Phi) is 4.60. The van der Waals surface area contributed by atoms with Gasteiger partial charge < -0.3 is 10.1 Å². The molecule has 0 atom stereocenters. The molecule has 4 heteroatoms. The second kappa shape index (κ2) is 6.00. The van der Waals surface area contributed by atoms with E-state index < -0.39 is 0 Å². The largest absolute Gasteiger partial charge is 0.383 e. The van der Waals surface area contributed by atoms with E-state index in [2.05, 4.69) is 5.32 Å². The first kappa shape index (κ1) is 13.8. The fourth-order valence-electron chi connectivity index (χ4n) is 2.20. The van der Waals surface area contributed by atoms with Gasteiger partial charge in [-0.15, -0.1) is 0 Å². The van der Waals surface area contributed by atoms with Crippen molar-refractivity contribution in [3.8, 4) is 0 Å². The van der Waals surface area contributed by atoms with Crippen molar-refractivity contribution in [2.24, 2.45) is 5.41 Å². The van der Waals surface area contributed by atoms with Gasteiger partial charge in [0.1, 0.15) is 5.82 Å². The van der Waals surface area contributed by atoms with Crippen LogP contribution in [0.3, 0.4) is 0 Å². The molecular weight excluding hydrogens is 253 g/mol. The summed E-state index contributed by atoms with van der Waals surface area (Å²) in [4.78, 5) is 0. The minimum atomic E-state index is -0.322. The van der Waals surface area contributed by atoms with Crippen molar-refractivity contribution in [2.45, 2.75) is 19.3 Å². The maximum Gasteiger partial charge on any atom is 0.142 e. The zero-order chi connectivity index (χ0) is 13.0. The number of benzene rings is 1. The Bertz CT molecular complexity index is 407. The van der Waals surface area contributed by atoms with Gasteiger partial charge in [0.25, 0.3) is 0 Å². The smallest absolute Gasteiger partial charge is 0.142 e. The van der Waals surface area contributed by atoms with Gasteiger partial charge in [-0.05, 0) is 42.4 Å². The van der Waals surface area contributed by atoms with Crippen LogP contribution in [0.15, 0.2) is 18.2 Å². The molecule has 1 N–H and O–H groups in total. The monoisotopic (exact) mass is 271 g/mol. The number of methoxy groups -OCH3 is 1. The van der Waals surface area contributed by atoms with Crippen LogP contribution in [0.1, 0.15) is 18.4 Å². The summed E-state index contributed by atoms with van der Waals surface area (Å²) in [5.74, 6) is -0.322. The highest BCUT2D eigenvalue weighted by molar-refractivity contribution is 6.30. The average molecular weight is 272 g/mol. The van der Waals surface area contributed by atoms with Crippen molar-refractivity contribution in [2.75, 3.05) is 26.8 Å². The molecule has 2 nitrogen and oxygen atoms in total. The van der Waals surface area contributed by atoms with Crippen molar-refractivity contribution in [3.05, 3.63) is 34.6 Å². The maximum atomic E-state index is 13.4. The lowest BCUT2D eigenvalue weighted by molar-refractivity contribution is 0.197. The molecule has 0 aliphatic heterocycles.